The van der Waals surface area contributed by atoms with Crippen LogP contribution in [-0.2, 0) is 11.2 Å². The molecule has 22 heavy (non-hydrogen) atoms. The van der Waals surface area contributed by atoms with Crippen molar-refractivity contribution in [2.75, 3.05) is 12.4 Å². The lowest BCUT2D eigenvalue weighted by Gasteiger charge is -2.07. The molecule has 1 unspecified atom stereocenters. The number of rotatable bonds is 6. The summed E-state index contributed by atoms with van der Waals surface area (Å²) in [6.07, 6.45) is 0.711. The molecule has 0 spiro atoms. The second kappa shape index (κ2) is 7.17. The Morgan fingerprint density at radius 2 is 1.91 bits per heavy atom. The van der Waals surface area contributed by atoms with Crippen LogP contribution >= 0.6 is 0 Å². The van der Waals surface area contributed by atoms with E-state index in [2.05, 4.69) is 27.7 Å². The Bertz CT molecular complexity index is 619. The first-order valence-corrected chi connectivity index (χ1v) is 7.40. The molecule has 2 N–H and O–H groups in total. The molecule has 1 aromatic heterocycles. The van der Waals surface area contributed by atoms with Crippen molar-refractivity contribution in [2.24, 2.45) is 5.92 Å². The van der Waals surface area contributed by atoms with E-state index in [1.807, 2.05) is 45.2 Å². The number of benzene rings is 1. The third kappa shape index (κ3) is 4.14. The summed E-state index contributed by atoms with van der Waals surface area (Å²) in [5.74, 6) is 1.11. The predicted molar refractivity (Wildman–Crippen MR) is 85.4 cm³/mol. The highest BCUT2D eigenvalue weighted by Crippen LogP contribution is 2.20. The quantitative estimate of drug-likeness (QED) is 0.857. The van der Waals surface area contributed by atoms with Crippen LogP contribution in [0.1, 0.15) is 26.6 Å². The Morgan fingerprint density at radius 3 is 2.50 bits per heavy atom. The van der Waals surface area contributed by atoms with Gasteiger partial charge in [0.25, 0.3) is 5.89 Å². The van der Waals surface area contributed by atoms with Gasteiger partial charge in [-0.05, 0) is 38.2 Å². The fourth-order valence-corrected chi connectivity index (χ4v) is 1.81. The lowest BCUT2D eigenvalue weighted by molar-refractivity contribution is -0.118. The van der Waals surface area contributed by atoms with Crippen molar-refractivity contribution >= 4 is 11.6 Å². The van der Waals surface area contributed by atoms with E-state index in [1.165, 1.54) is 0 Å². The predicted octanol–water partition coefficient (Wildman–Crippen LogP) is 2.48. The summed E-state index contributed by atoms with van der Waals surface area (Å²) in [5, 5.41) is 9.96. The lowest BCUT2D eigenvalue weighted by atomic mass is 10.1. The molecule has 2 rings (SSSR count). The second-order valence-electron chi connectivity index (χ2n) is 5.63. The van der Waals surface area contributed by atoms with Gasteiger partial charge in [0.05, 0.1) is 0 Å². The summed E-state index contributed by atoms with van der Waals surface area (Å²) in [4.78, 5) is 16.0. The van der Waals surface area contributed by atoms with Crippen LogP contribution in [0, 0.1) is 5.92 Å². The van der Waals surface area contributed by atoms with Crippen LogP contribution in [-0.4, -0.2) is 29.1 Å². The molecule has 0 saturated heterocycles. The number of aromatic nitrogens is 2. The lowest BCUT2D eigenvalue weighted by Crippen LogP contribution is -2.24. The molecule has 0 aliphatic heterocycles. The van der Waals surface area contributed by atoms with Gasteiger partial charge in [-0.1, -0.05) is 19.0 Å². The number of carbonyl (C=O) groups is 1. The summed E-state index contributed by atoms with van der Waals surface area (Å²) < 4.78 is 5.28. The zero-order valence-electron chi connectivity index (χ0n) is 13.4. The monoisotopic (exact) mass is 302 g/mol. The van der Waals surface area contributed by atoms with Crippen LogP contribution in [0.4, 0.5) is 5.69 Å². The second-order valence-corrected chi connectivity index (χ2v) is 5.63. The molecule has 0 fully saturated rings. The van der Waals surface area contributed by atoms with E-state index in [9.17, 15) is 4.79 Å². The number of likely N-dealkylation sites (N-methyl/N-ethyl adjacent to an activating group) is 1. The fourth-order valence-electron chi connectivity index (χ4n) is 1.81. The Morgan fingerprint density at radius 1 is 1.23 bits per heavy atom. The summed E-state index contributed by atoms with van der Waals surface area (Å²) >= 11 is 0. The molecule has 118 valence electrons. The van der Waals surface area contributed by atoms with Crippen LogP contribution in [0.2, 0.25) is 0 Å². The summed E-state index contributed by atoms with van der Waals surface area (Å²) in [6, 6.07) is 7.66. The SMILES string of the molecule is CNC(C)Cc1noc(-c2ccc(NC(=O)C(C)C)cc2)n1. The summed E-state index contributed by atoms with van der Waals surface area (Å²) in [6.45, 7) is 5.77. The van der Waals surface area contributed by atoms with Gasteiger partial charge in [0.15, 0.2) is 5.82 Å². The fraction of sp³-hybridized carbons (Fsp3) is 0.438. The number of hydrogen-bond acceptors (Lipinski definition) is 5. The van der Waals surface area contributed by atoms with Gasteiger partial charge >= 0.3 is 0 Å². The van der Waals surface area contributed by atoms with E-state index in [-0.39, 0.29) is 11.8 Å². The van der Waals surface area contributed by atoms with E-state index in [1.54, 1.807) is 0 Å². The van der Waals surface area contributed by atoms with E-state index >= 15 is 0 Å². The molecule has 2 aromatic rings. The van der Waals surface area contributed by atoms with Crippen molar-refractivity contribution in [3.8, 4) is 11.5 Å². The average Bonchev–Trinajstić information content (AvgIpc) is 2.96. The van der Waals surface area contributed by atoms with Crippen molar-refractivity contribution in [3.05, 3.63) is 30.1 Å². The van der Waals surface area contributed by atoms with Gasteiger partial charge < -0.3 is 15.2 Å². The van der Waals surface area contributed by atoms with Crippen molar-refractivity contribution in [1.82, 2.24) is 15.5 Å². The third-order valence-electron chi connectivity index (χ3n) is 3.37. The van der Waals surface area contributed by atoms with Crippen LogP contribution in [0.25, 0.3) is 11.5 Å². The van der Waals surface area contributed by atoms with Crippen LogP contribution < -0.4 is 10.6 Å². The van der Waals surface area contributed by atoms with Crippen molar-refractivity contribution < 1.29 is 9.32 Å². The van der Waals surface area contributed by atoms with Gasteiger partial charge in [-0.2, -0.15) is 4.98 Å². The van der Waals surface area contributed by atoms with Crippen LogP contribution in [0.5, 0.6) is 0 Å². The van der Waals surface area contributed by atoms with E-state index < -0.39 is 0 Å². The van der Waals surface area contributed by atoms with Gasteiger partial charge in [-0.15, -0.1) is 0 Å². The standard InChI is InChI=1S/C16H22N4O2/c1-10(2)15(21)18-13-7-5-12(6-8-13)16-19-14(20-22-16)9-11(3)17-4/h5-8,10-11,17H,9H2,1-4H3,(H,18,21). The average molecular weight is 302 g/mol. The van der Waals surface area contributed by atoms with E-state index in [0.29, 0.717) is 24.2 Å². The molecule has 1 amide bonds. The zero-order valence-corrected chi connectivity index (χ0v) is 13.4. The third-order valence-corrected chi connectivity index (χ3v) is 3.37. The molecule has 1 atom stereocenters. The molecule has 6 heteroatoms. The molecule has 0 bridgehead atoms. The minimum atomic E-state index is -0.0488. The highest BCUT2D eigenvalue weighted by atomic mass is 16.5. The first kappa shape index (κ1) is 16.2. The molecule has 6 nitrogen and oxygen atoms in total. The Balaban J connectivity index is 2.06. The highest BCUT2D eigenvalue weighted by Gasteiger charge is 2.12. The minimum absolute atomic E-state index is 0.00567. The summed E-state index contributed by atoms with van der Waals surface area (Å²) in [7, 11) is 1.90. The maximum Gasteiger partial charge on any atom is 0.257 e. The van der Waals surface area contributed by atoms with Crippen molar-refractivity contribution in [3.63, 3.8) is 0 Å². The molecular weight excluding hydrogens is 280 g/mol. The molecule has 0 aliphatic carbocycles. The van der Waals surface area contributed by atoms with Crippen LogP contribution in [0.15, 0.2) is 28.8 Å². The topological polar surface area (TPSA) is 80.0 Å². The molecule has 0 saturated carbocycles. The number of nitrogens with one attached hydrogen (secondary N) is 2. The van der Waals surface area contributed by atoms with Gasteiger partial charge in [0, 0.05) is 29.6 Å². The number of anilines is 1. The minimum Gasteiger partial charge on any atom is -0.334 e. The van der Waals surface area contributed by atoms with Gasteiger partial charge in [-0.3, -0.25) is 4.79 Å². The van der Waals surface area contributed by atoms with Gasteiger partial charge in [0.1, 0.15) is 0 Å². The Hall–Kier alpha value is -2.21. The maximum atomic E-state index is 11.6. The van der Waals surface area contributed by atoms with Crippen LogP contribution in [0.3, 0.4) is 0 Å². The van der Waals surface area contributed by atoms with Crippen molar-refractivity contribution in [1.29, 1.82) is 0 Å². The number of carbonyl (C=O) groups excluding carboxylic acids is 1. The first-order chi connectivity index (χ1) is 10.5. The maximum absolute atomic E-state index is 11.6. The molecule has 1 aromatic carbocycles. The molecule has 0 aliphatic rings. The van der Waals surface area contributed by atoms with Crippen molar-refractivity contribution in [2.45, 2.75) is 33.2 Å². The van der Waals surface area contributed by atoms with E-state index in [4.69, 9.17) is 4.52 Å². The van der Waals surface area contributed by atoms with Gasteiger partial charge in [-0.25, -0.2) is 0 Å². The first-order valence-electron chi connectivity index (χ1n) is 7.40. The van der Waals surface area contributed by atoms with Gasteiger partial charge in [0.2, 0.25) is 5.91 Å². The Kier molecular flexibility index (Phi) is 5.27. The summed E-state index contributed by atoms with van der Waals surface area (Å²) in [5.41, 5.74) is 1.59. The Labute approximate surface area is 130 Å². The normalized spacial score (nSPS) is 12.4. The highest BCUT2D eigenvalue weighted by molar-refractivity contribution is 5.92. The molecule has 0 radical (unpaired) electrons. The smallest absolute Gasteiger partial charge is 0.257 e. The number of amides is 1. The molecule has 1 heterocycles. The molecular formula is C16H22N4O2. The number of hydrogen-bond donors (Lipinski definition) is 2. The zero-order chi connectivity index (χ0) is 16.1. The van der Waals surface area contributed by atoms with E-state index in [0.717, 1.165) is 11.3 Å². The number of nitrogens with zero attached hydrogens (tertiary/aromatic N) is 2. The largest absolute Gasteiger partial charge is 0.334 e.